The van der Waals surface area contributed by atoms with Crippen molar-refractivity contribution >= 4 is 11.9 Å². The van der Waals surface area contributed by atoms with Crippen LogP contribution in [0.15, 0.2) is 21.7 Å². The molecule has 136 valence electrons. The molecule has 0 fully saturated rings. The van der Waals surface area contributed by atoms with E-state index < -0.39 is 0 Å². The normalized spacial score (nSPS) is 16.5. The van der Waals surface area contributed by atoms with E-state index in [0.717, 1.165) is 38.2 Å². The van der Waals surface area contributed by atoms with Crippen LogP contribution in [-0.2, 0) is 0 Å². The van der Waals surface area contributed by atoms with Gasteiger partial charge in [-0.15, -0.1) is 0 Å². The molecule has 2 aliphatic heterocycles. The number of amides is 2. The van der Waals surface area contributed by atoms with Crippen LogP contribution in [0, 0.1) is 4.91 Å². The Hall–Kier alpha value is -2.12. The van der Waals surface area contributed by atoms with E-state index in [1.165, 1.54) is 7.05 Å². The van der Waals surface area contributed by atoms with Gasteiger partial charge in [-0.05, 0) is 19.3 Å². The highest BCUT2D eigenvalue weighted by molar-refractivity contribution is 6.10. The molecule has 2 N–H and O–H groups in total. The zero-order chi connectivity index (χ0) is 18.1. The van der Waals surface area contributed by atoms with E-state index in [-0.39, 0.29) is 6.03 Å². The van der Waals surface area contributed by atoms with Crippen molar-refractivity contribution in [2.45, 2.75) is 40.0 Å². The van der Waals surface area contributed by atoms with Crippen LogP contribution in [0.3, 0.4) is 0 Å². The van der Waals surface area contributed by atoms with Gasteiger partial charge in [-0.3, -0.25) is 14.8 Å². The maximum Gasteiger partial charge on any atom is 0.331 e. The summed E-state index contributed by atoms with van der Waals surface area (Å²) in [7, 11) is 1.19. The molecule has 2 rings (SSSR count). The fourth-order valence-corrected chi connectivity index (χ4v) is 2.98. The number of nitrogens with zero attached hydrogens (tertiary/aromatic N) is 5. The number of carbonyl (C=O) groups is 1. The molecule has 2 heterocycles. The SMILES string of the molecule is CCCN(CCC)C1=C(N)C2=NCCN2C(=O)N1CCC.CN=O. The fourth-order valence-electron chi connectivity index (χ4n) is 2.98. The molecule has 2 aliphatic rings. The minimum atomic E-state index is 0.0227. The van der Waals surface area contributed by atoms with Crippen molar-refractivity contribution in [3.05, 3.63) is 16.4 Å². The molecule has 0 bridgehead atoms. The second-order valence-electron chi connectivity index (χ2n) is 5.70. The number of hydrogen-bond donors (Lipinski definition) is 1. The smallest absolute Gasteiger partial charge is 0.331 e. The van der Waals surface area contributed by atoms with Crippen molar-refractivity contribution in [1.82, 2.24) is 14.7 Å². The Morgan fingerprint density at radius 1 is 1.21 bits per heavy atom. The van der Waals surface area contributed by atoms with Crippen molar-refractivity contribution in [2.75, 3.05) is 39.8 Å². The summed E-state index contributed by atoms with van der Waals surface area (Å²) in [5, 5.41) is 2.25. The molecule has 8 heteroatoms. The summed E-state index contributed by atoms with van der Waals surface area (Å²) in [6, 6.07) is 0.0227. The zero-order valence-corrected chi connectivity index (χ0v) is 15.3. The number of aliphatic imine (C=N–C) groups is 1. The van der Waals surface area contributed by atoms with Crippen LogP contribution < -0.4 is 5.73 Å². The number of amidine groups is 1. The van der Waals surface area contributed by atoms with Crippen LogP contribution in [0.25, 0.3) is 0 Å². The van der Waals surface area contributed by atoms with Crippen LogP contribution >= 0.6 is 0 Å². The second kappa shape index (κ2) is 9.89. The number of hydrogen-bond acceptors (Lipinski definition) is 6. The van der Waals surface area contributed by atoms with Gasteiger partial charge in [0.25, 0.3) is 0 Å². The number of nitrogens with two attached hydrogens (primary N) is 1. The summed E-state index contributed by atoms with van der Waals surface area (Å²) in [4.78, 5) is 31.5. The first kappa shape index (κ1) is 19.9. The molecule has 0 atom stereocenters. The summed E-state index contributed by atoms with van der Waals surface area (Å²) in [6.07, 6.45) is 2.97. The predicted octanol–water partition coefficient (Wildman–Crippen LogP) is 2.18. The molecule has 0 aromatic rings. The first-order valence-electron chi connectivity index (χ1n) is 8.67. The molecular weight excluding hydrogens is 308 g/mol. The molecule has 24 heavy (non-hydrogen) atoms. The summed E-state index contributed by atoms with van der Waals surface area (Å²) >= 11 is 0. The minimum Gasteiger partial charge on any atom is -0.393 e. The molecular formula is C16H30N6O2. The molecule has 0 aliphatic carbocycles. The van der Waals surface area contributed by atoms with Crippen LogP contribution in [0.1, 0.15) is 40.0 Å². The molecule has 0 saturated heterocycles. The monoisotopic (exact) mass is 338 g/mol. The highest BCUT2D eigenvalue weighted by atomic mass is 16.2. The van der Waals surface area contributed by atoms with Crippen molar-refractivity contribution in [1.29, 1.82) is 0 Å². The highest BCUT2D eigenvalue weighted by Crippen LogP contribution is 2.26. The number of fused-ring (bicyclic) bond motifs is 1. The van der Waals surface area contributed by atoms with E-state index in [2.05, 4.69) is 35.8 Å². The molecule has 8 nitrogen and oxygen atoms in total. The summed E-state index contributed by atoms with van der Waals surface area (Å²) < 4.78 is 0. The lowest BCUT2D eigenvalue weighted by molar-refractivity contribution is 0.160. The number of urea groups is 1. The first-order valence-corrected chi connectivity index (χ1v) is 8.67. The van der Waals surface area contributed by atoms with E-state index >= 15 is 0 Å². The average Bonchev–Trinajstić information content (AvgIpc) is 3.04. The molecule has 0 aromatic carbocycles. The van der Waals surface area contributed by atoms with Gasteiger partial charge in [0.1, 0.15) is 11.5 Å². The van der Waals surface area contributed by atoms with Crippen LogP contribution in [0.2, 0.25) is 0 Å². The number of rotatable bonds is 7. The molecule has 0 radical (unpaired) electrons. The van der Waals surface area contributed by atoms with Gasteiger partial charge >= 0.3 is 6.03 Å². The Kier molecular flexibility index (Phi) is 8.21. The standard InChI is InChI=1S/C15H27N5O.CH3NO/c1-4-8-18(9-5-2)14-12(16)13-17-7-11-19(13)15(21)20(14)10-6-3;1-2-3/h4-11,16H2,1-3H3;1H3. The maximum atomic E-state index is 12.7. The van der Waals surface area contributed by atoms with E-state index in [1.54, 1.807) is 4.90 Å². The lowest BCUT2D eigenvalue weighted by Gasteiger charge is -2.41. The lowest BCUT2D eigenvalue weighted by Crippen LogP contribution is -2.55. The summed E-state index contributed by atoms with van der Waals surface area (Å²) in [5.74, 6) is 1.53. The third-order valence-electron chi connectivity index (χ3n) is 3.77. The van der Waals surface area contributed by atoms with Gasteiger partial charge < -0.3 is 10.6 Å². The zero-order valence-electron chi connectivity index (χ0n) is 15.3. The van der Waals surface area contributed by atoms with Crippen molar-refractivity contribution in [2.24, 2.45) is 15.9 Å². The van der Waals surface area contributed by atoms with E-state index in [9.17, 15) is 4.79 Å². The van der Waals surface area contributed by atoms with Crippen molar-refractivity contribution < 1.29 is 4.79 Å². The topological polar surface area (TPSA) is 94.6 Å². The molecule has 2 amide bonds. The molecule has 0 saturated carbocycles. The molecule has 0 spiro atoms. The lowest BCUT2D eigenvalue weighted by atomic mass is 10.2. The second-order valence-corrected chi connectivity index (χ2v) is 5.70. The van der Waals surface area contributed by atoms with E-state index in [4.69, 9.17) is 10.6 Å². The highest BCUT2D eigenvalue weighted by Gasteiger charge is 2.39. The van der Waals surface area contributed by atoms with Gasteiger partial charge in [-0.2, -0.15) is 4.91 Å². The van der Waals surface area contributed by atoms with Crippen LogP contribution in [0.5, 0.6) is 0 Å². The predicted molar refractivity (Wildman–Crippen MR) is 96.5 cm³/mol. The third kappa shape index (κ3) is 4.24. The number of carbonyl (C=O) groups excluding carboxylic acids is 1. The summed E-state index contributed by atoms with van der Waals surface area (Å²) in [5.41, 5.74) is 7.04. The van der Waals surface area contributed by atoms with E-state index in [1.807, 2.05) is 4.90 Å². The third-order valence-corrected chi connectivity index (χ3v) is 3.77. The minimum absolute atomic E-state index is 0.0227. The first-order chi connectivity index (χ1) is 11.6. The molecule has 0 unspecified atom stereocenters. The van der Waals surface area contributed by atoms with Gasteiger partial charge in [0, 0.05) is 26.2 Å². The maximum absolute atomic E-state index is 12.7. The summed E-state index contributed by atoms with van der Waals surface area (Å²) in [6.45, 7) is 10.2. The van der Waals surface area contributed by atoms with Gasteiger partial charge in [0.15, 0.2) is 5.84 Å². The van der Waals surface area contributed by atoms with Crippen molar-refractivity contribution in [3.63, 3.8) is 0 Å². The Labute approximate surface area is 144 Å². The fraction of sp³-hybridized carbons (Fsp3) is 0.750. The van der Waals surface area contributed by atoms with Crippen LogP contribution in [0.4, 0.5) is 4.79 Å². The molecule has 0 aromatic heterocycles. The largest absolute Gasteiger partial charge is 0.393 e. The van der Waals surface area contributed by atoms with Gasteiger partial charge in [-0.1, -0.05) is 25.9 Å². The van der Waals surface area contributed by atoms with Gasteiger partial charge in [-0.25, -0.2) is 4.79 Å². The van der Waals surface area contributed by atoms with Gasteiger partial charge in [0.05, 0.1) is 13.6 Å². The van der Waals surface area contributed by atoms with Crippen molar-refractivity contribution in [3.8, 4) is 0 Å². The van der Waals surface area contributed by atoms with Crippen LogP contribution in [-0.4, -0.2) is 66.3 Å². The average molecular weight is 338 g/mol. The van der Waals surface area contributed by atoms with Gasteiger partial charge in [0.2, 0.25) is 0 Å². The Balaban J connectivity index is 0.000000891. The van der Waals surface area contributed by atoms with E-state index in [0.29, 0.717) is 31.2 Å². The Morgan fingerprint density at radius 3 is 2.29 bits per heavy atom. The quantitative estimate of drug-likeness (QED) is 0.720. The Bertz CT molecular complexity index is 497. The Morgan fingerprint density at radius 2 is 1.79 bits per heavy atom. The number of nitroso groups, excluding NO2 is 1.